The Kier molecular flexibility index (Phi) is 13.2. The number of carbonyl (C=O) groups is 1. The maximum Gasteiger partial charge on any atom is 0.311 e. The third-order valence-corrected chi connectivity index (χ3v) is 10.2. The predicted molar refractivity (Wildman–Crippen MR) is 247 cm³/mol. The number of nitrogens with one attached hydrogen (secondary N) is 4. The van der Waals surface area contributed by atoms with E-state index >= 15 is 0 Å². The van der Waals surface area contributed by atoms with E-state index in [0.29, 0.717) is 22.1 Å². The lowest BCUT2D eigenvalue weighted by atomic mass is 9.97. The van der Waals surface area contributed by atoms with Crippen LogP contribution in [0.1, 0.15) is 68.3 Å². The first-order valence-electron chi connectivity index (χ1n) is 20.4. The molecule has 8 aromatic rings. The van der Waals surface area contributed by atoms with E-state index in [2.05, 4.69) is 89.0 Å². The van der Waals surface area contributed by atoms with Gasteiger partial charge in [0, 0.05) is 41.5 Å². The average molecular weight is 828 g/mol. The van der Waals surface area contributed by atoms with Gasteiger partial charge in [-0.3, -0.25) is 29.3 Å². The predicted octanol–water partition coefficient (Wildman–Crippen LogP) is 8.90. The van der Waals surface area contributed by atoms with Crippen LogP contribution in [0.25, 0.3) is 68.9 Å². The average Bonchev–Trinajstić information content (AvgIpc) is 3.94. The fourth-order valence-corrected chi connectivity index (χ4v) is 6.52. The van der Waals surface area contributed by atoms with Crippen LogP contribution < -0.4 is 11.1 Å². The molecule has 0 aliphatic carbocycles. The monoisotopic (exact) mass is 827 g/mol. The fourth-order valence-electron chi connectivity index (χ4n) is 6.52. The van der Waals surface area contributed by atoms with E-state index < -0.39 is 5.41 Å². The number of esters is 1. The lowest BCUT2D eigenvalue weighted by Crippen LogP contribution is -2.22. The Labute approximate surface area is 358 Å². The van der Waals surface area contributed by atoms with Crippen molar-refractivity contribution in [3.05, 3.63) is 164 Å². The third kappa shape index (κ3) is 10.8. The van der Waals surface area contributed by atoms with Crippen LogP contribution in [0.4, 0.5) is 0 Å². The van der Waals surface area contributed by atoms with E-state index in [4.69, 9.17) is 4.74 Å². The molecule has 62 heavy (non-hydrogen) atoms. The van der Waals surface area contributed by atoms with Crippen molar-refractivity contribution in [2.75, 3.05) is 13.1 Å². The van der Waals surface area contributed by atoms with Crippen LogP contribution in [-0.4, -0.2) is 63.8 Å². The minimum Gasteiger partial charge on any atom is -0.460 e. The van der Waals surface area contributed by atoms with E-state index in [9.17, 15) is 14.4 Å². The first kappa shape index (κ1) is 42.6. The second-order valence-electron chi connectivity index (χ2n) is 15.7. The van der Waals surface area contributed by atoms with Crippen LogP contribution in [0.15, 0.2) is 120 Å². The largest absolute Gasteiger partial charge is 0.460 e. The number of hydrogen-bond donors (Lipinski definition) is 4. The Balaban J connectivity index is 0.000000187. The number of rotatable bonds is 12. The van der Waals surface area contributed by atoms with E-state index in [1.807, 2.05) is 93.6 Å². The molecule has 0 radical (unpaired) electrons. The number of fused-ring (bicyclic) bond motifs is 2. The topological polar surface area (TPSA) is 178 Å². The van der Waals surface area contributed by atoms with Crippen molar-refractivity contribution in [3.63, 3.8) is 0 Å². The normalized spacial score (nSPS) is 11.8. The van der Waals surface area contributed by atoms with Gasteiger partial charge in [0.25, 0.3) is 11.1 Å². The van der Waals surface area contributed by atoms with Gasteiger partial charge in [0.2, 0.25) is 0 Å². The van der Waals surface area contributed by atoms with Crippen LogP contribution in [0.2, 0.25) is 0 Å². The molecule has 0 amide bonds. The highest BCUT2D eigenvalue weighted by Crippen LogP contribution is 2.24. The summed E-state index contributed by atoms with van der Waals surface area (Å²) in [6.07, 6.45) is 14.2. The Morgan fingerprint density at radius 2 is 1.10 bits per heavy atom. The Morgan fingerprint density at radius 3 is 1.53 bits per heavy atom. The number of benzene rings is 2. The molecule has 6 heterocycles. The zero-order valence-corrected chi connectivity index (χ0v) is 35.4. The molecule has 4 N–H and O–H groups in total. The molecular weight excluding hydrogens is 779 g/mol. The zero-order chi connectivity index (χ0) is 43.6. The quantitative estimate of drug-likeness (QED) is 0.0876. The summed E-state index contributed by atoms with van der Waals surface area (Å²) < 4.78 is 5.35. The highest BCUT2D eigenvalue weighted by atomic mass is 16.5. The number of pyridine rings is 2. The minimum atomic E-state index is -0.511. The smallest absolute Gasteiger partial charge is 0.311 e. The number of nitrogens with zero attached hydrogens (tertiary/aromatic N) is 5. The van der Waals surface area contributed by atoms with Crippen LogP contribution in [0.3, 0.4) is 0 Å². The SMILES string of the molecule is CC(C)(C)C(=O)OCc1ccc(C=Cc2cc(-c3cc4c(=O)[nH]cnc4[nH]3)ccn2)cc1.CCN(CC)Cc1ccc(C=Cc2cc(-c3cc4c(=O)[nH]cnc4[nH]3)ccn2)cc1. The van der Waals surface area contributed by atoms with Gasteiger partial charge in [0.05, 0.1) is 40.2 Å². The molecule has 314 valence electrons. The second-order valence-corrected chi connectivity index (χ2v) is 15.7. The highest BCUT2D eigenvalue weighted by Gasteiger charge is 2.22. The number of hydrogen-bond acceptors (Lipinski definition) is 9. The maximum atomic E-state index is 11.9. The fraction of sp³-hybridized carbons (Fsp3) is 0.204. The molecule has 0 bridgehead atoms. The van der Waals surface area contributed by atoms with E-state index in [1.165, 1.54) is 18.2 Å². The van der Waals surface area contributed by atoms with E-state index in [-0.39, 0.29) is 23.7 Å². The van der Waals surface area contributed by atoms with Crippen LogP contribution >= 0.6 is 0 Å². The van der Waals surface area contributed by atoms with Gasteiger partial charge in [-0.25, -0.2) is 9.97 Å². The summed E-state index contributed by atoms with van der Waals surface area (Å²) in [4.78, 5) is 66.9. The number of H-pyrrole nitrogens is 4. The molecule has 0 fully saturated rings. The van der Waals surface area contributed by atoms with Crippen molar-refractivity contribution in [1.29, 1.82) is 0 Å². The van der Waals surface area contributed by atoms with Gasteiger partial charge in [-0.05, 0) is 105 Å². The van der Waals surface area contributed by atoms with Gasteiger partial charge in [0.15, 0.2) is 0 Å². The maximum absolute atomic E-state index is 11.9. The van der Waals surface area contributed by atoms with Crippen molar-refractivity contribution < 1.29 is 9.53 Å². The molecular formula is C49H49N9O4. The first-order valence-corrected chi connectivity index (χ1v) is 20.4. The molecule has 8 rings (SSSR count). The molecule has 6 aromatic heterocycles. The van der Waals surface area contributed by atoms with Crippen LogP contribution in [-0.2, 0) is 22.7 Å². The molecule has 2 aromatic carbocycles. The summed E-state index contributed by atoms with van der Waals surface area (Å²) >= 11 is 0. The number of ether oxygens (including phenoxy) is 1. The lowest BCUT2D eigenvalue weighted by Gasteiger charge is -2.17. The van der Waals surface area contributed by atoms with Gasteiger partial charge in [-0.1, -0.05) is 74.5 Å². The first-order chi connectivity index (χ1) is 29.9. The summed E-state index contributed by atoms with van der Waals surface area (Å²) in [5.74, 6) is -0.220. The number of aromatic amines is 4. The summed E-state index contributed by atoms with van der Waals surface area (Å²) in [5.41, 5.74) is 9.81. The standard InChI is InChI=1S/C25H24N4O3.C24H25N5O/c1-25(2,3)24(31)32-14-17-6-4-16(5-7-17)8-9-19-12-18(10-11-26-19)21-13-20-22(29-21)27-15-28-23(20)30;1-3-29(4-2)15-18-7-5-17(6-8-18)9-10-20-13-19(11-12-25-20)22-14-21-23(28-22)26-16-27-24(21)30/h4-13,15H,14H2,1-3H3,(H2,27,28,29,30);5-14,16H,3-4,15H2,1-2H3,(H2,26,27,28,30). The van der Waals surface area contributed by atoms with E-state index in [1.54, 1.807) is 18.5 Å². The lowest BCUT2D eigenvalue weighted by molar-refractivity contribution is -0.154. The zero-order valence-electron chi connectivity index (χ0n) is 35.4. The van der Waals surface area contributed by atoms with Crippen LogP contribution in [0, 0.1) is 5.41 Å². The van der Waals surface area contributed by atoms with Crippen molar-refractivity contribution in [1.82, 2.24) is 44.8 Å². The number of carbonyl (C=O) groups excluding carboxylic acids is 1. The molecule has 0 atom stereocenters. The molecule has 0 spiro atoms. The van der Waals surface area contributed by atoms with Crippen LogP contribution in [0.5, 0.6) is 0 Å². The van der Waals surface area contributed by atoms with Gasteiger partial charge < -0.3 is 24.7 Å². The molecule has 0 aliphatic heterocycles. The van der Waals surface area contributed by atoms with E-state index in [0.717, 1.165) is 70.2 Å². The van der Waals surface area contributed by atoms with Gasteiger partial charge in [0.1, 0.15) is 17.9 Å². The van der Waals surface area contributed by atoms with Crippen molar-refractivity contribution in [2.45, 2.75) is 47.8 Å². The summed E-state index contributed by atoms with van der Waals surface area (Å²) in [6, 6.07) is 27.8. The summed E-state index contributed by atoms with van der Waals surface area (Å²) in [5, 5.41) is 1.07. The third-order valence-electron chi connectivity index (χ3n) is 10.2. The van der Waals surface area contributed by atoms with Crippen molar-refractivity contribution >= 4 is 52.3 Å². The highest BCUT2D eigenvalue weighted by molar-refractivity contribution is 5.84. The number of aromatic nitrogens is 8. The molecule has 13 nitrogen and oxygen atoms in total. The molecule has 13 heteroatoms. The van der Waals surface area contributed by atoms with Crippen molar-refractivity contribution in [3.8, 4) is 22.5 Å². The molecule has 0 aliphatic rings. The summed E-state index contributed by atoms with van der Waals surface area (Å²) in [7, 11) is 0. The Morgan fingerprint density at radius 1 is 0.629 bits per heavy atom. The molecule has 0 saturated heterocycles. The Bertz CT molecular complexity index is 2960. The van der Waals surface area contributed by atoms with Gasteiger partial charge >= 0.3 is 5.97 Å². The molecule has 0 saturated carbocycles. The van der Waals surface area contributed by atoms with Crippen molar-refractivity contribution in [2.24, 2.45) is 5.41 Å². The minimum absolute atomic E-state index is 0.152. The Hall–Kier alpha value is -7.51. The van der Waals surface area contributed by atoms with Gasteiger partial charge in [-0.15, -0.1) is 0 Å². The second kappa shape index (κ2) is 19.3. The summed E-state index contributed by atoms with van der Waals surface area (Å²) in [6.45, 7) is 13.2. The van der Waals surface area contributed by atoms with Gasteiger partial charge in [-0.2, -0.15) is 0 Å². The molecule has 0 unspecified atom stereocenters.